The van der Waals surface area contributed by atoms with Crippen LogP contribution >= 0.6 is 0 Å². The minimum atomic E-state index is -4.63. The fourth-order valence-corrected chi connectivity index (χ4v) is 2.75. The smallest absolute Gasteiger partial charge is 0.416 e. The van der Waals surface area contributed by atoms with Crippen LogP contribution in [0.3, 0.4) is 0 Å². The number of rotatable bonds is 11. The van der Waals surface area contributed by atoms with E-state index in [1.54, 1.807) is 0 Å². The molecule has 0 heterocycles. The zero-order valence-corrected chi connectivity index (χ0v) is 15.5. The van der Waals surface area contributed by atoms with Gasteiger partial charge in [0.1, 0.15) is 11.9 Å². The fourth-order valence-electron chi connectivity index (χ4n) is 2.75. The van der Waals surface area contributed by atoms with Crippen molar-refractivity contribution in [3.63, 3.8) is 0 Å². The zero-order chi connectivity index (χ0) is 19.6. The fraction of sp³-hybridized carbons (Fsp3) is 0.650. The SMILES string of the molecule is CCCCCCCCCC(CC)OC(=O)c1cc(C(F)(F)F)ccc1F. The number of benzene rings is 1. The van der Waals surface area contributed by atoms with Crippen molar-refractivity contribution < 1.29 is 27.1 Å². The van der Waals surface area contributed by atoms with Crippen molar-refractivity contribution >= 4 is 5.97 Å². The van der Waals surface area contributed by atoms with Gasteiger partial charge in [0.25, 0.3) is 0 Å². The molecular weight excluding hydrogens is 348 g/mol. The molecule has 0 N–H and O–H groups in total. The Balaban J connectivity index is 2.54. The average Bonchev–Trinajstić information content (AvgIpc) is 2.59. The summed E-state index contributed by atoms with van der Waals surface area (Å²) in [5, 5.41) is 0. The molecule has 0 amide bonds. The van der Waals surface area contributed by atoms with E-state index >= 15 is 0 Å². The van der Waals surface area contributed by atoms with Crippen molar-refractivity contribution in [1.82, 2.24) is 0 Å². The van der Waals surface area contributed by atoms with Crippen molar-refractivity contribution in [3.05, 3.63) is 35.1 Å². The van der Waals surface area contributed by atoms with Crippen molar-refractivity contribution in [2.24, 2.45) is 0 Å². The first-order chi connectivity index (χ1) is 12.3. The van der Waals surface area contributed by atoms with E-state index in [9.17, 15) is 22.4 Å². The molecule has 0 aromatic heterocycles. The van der Waals surface area contributed by atoms with Crippen LogP contribution in [-0.2, 0) is 10.9 Å². The highest BCUT2D eigenvalue weighted by molar-refractivity contribution is 5.90. The standard InChI is InChI=1S/C20H28F4O2/c1-3-5-6-7-8-9-10-11-16(4-2)26-19(25)17-14-15(20(22,23)24)12-13-18(17)21/h12-14,16H,3-11H2,1-2H3. The van der Waals surface area contributed by atoms with Crippen LogP contribution in [0.4, 0.5) is 17.6 Å². The molecule has 26 heavy (non-hydrogen) atoms. The predicted molar refractivity (Wildman–Crippen MR) is 93.5 cm³/mol. The molecule has 0 aliphatic rings. The molecule has 148 valence electrons. The molecule has 0 saturated heterocycles. The maximum absolute atomic E-state index is 13.7. The maximum atomic E-state index is 13.7. The normalized spacial score (nSPS) is 12.8. The van der Waals surface area contributed by atoms with Gasteiger partial charge in [0.15, 0.2) is 0 Å². The van der Waals surface area contributed by atoms with E-state index in [2.05, 4.69) is 6.92 Å². The first kappa shape index (κ1) is 22.5. The van der Waals surface area contributed by atoms with Gasteiger partial charge < -0.3 is 4.74 Å². The van der Waals surface area contributed by atoms with E-state index < -0.39 is 35.2 Å². The Morgan fingerprint density at radius 3 is 2.23 bits per heavy atom. The van der Waals surface area contributed by atoms with Gasteiger partial charge in [-0.3, -0.25) is 0 Å². The quantitative estimate of drug-likeness (QED) is 0.238. The van der Waals surface area contributed by atoms with Gasteiger partial charge in [-0.05, 0) is 37.5 Å². The number of alkyl halides is 3. The Morgan fingerprint density at radius 2 is 1.65 bits per heavy atom. The molecular formula is C20H28F4O2. The van der Waals surface area contributed by atoms with Crippen LogP contribution in [0.15, 0.2) is 18.2 Å². The number of halogens is 4. The van der Waals surface area contributed by atoms with E-state index in [0.29, 0.717) is 31.0 Å². The number of hydrogen-bond donors (Lipinski definition) is 0. The topological polar surface area (TPSA) is 26.3 Å². The van der Waals surface area contributed by atoms with Gasteiger partial charge >= 0.3 is 12.1 Å². The van der Waals surface area contributed by atoms with Gasteiger partial charge in [0.2, 0.25) is 0 Å². The van der Waals surface area contributed by atoms with E-state index in [-0.39, 0.29) is 0 Å². The van der Waals surface area contributed by atoms with Gasteiger partial charge in [-0.15, -0.1) is 0 Å². The van der Waals surface area contributed by atoms with Gasteiger partial charge in [-0.2, -0.15) is 13.2 Å². The van der Waals surface area contributed by atoms with Gasteiger partial charge in [0, 0.05) is 0 Å². The summed E-state index contributed by atoms with van der Waals surface area (Å²) in [7, 11) is 0. The summed E-state index contributed by atoms with van der Waals surface area (Å²) >= 11 is 0. The van der Waals surface area contributed by atoms with Crippen LogP contribution in [0.25, 0.3) is 0 Å². The highest BCUT2D eigenvalue weighted by Gasteiger charge is 2.32. The largest absolute Gasteiger partial charge is 0.459 e. The van der Waals surface area contributed by atoms with E-state index in [1.165, 1.54) is 25.7 Å². The highest BCUT2D eigenvalue weighted by Crippen LogP contribution is 2.30. The maximum Gasteiger partial charge on any atom is 0.416 e. The van der Waals surface area contributed by atoms with Crippen LogP contribution in [0.5, 0.6) is 0 Å². The first-order valence-corrected chi connectivity index (χ1v) is 9.37. The monoisotopic (exact) mass is 376 g/mol. The lowest BCUT2D eigenvalue weighted by Gasteiger charge is -2.17. The Morgan fingerprint density at radius 1 is 1.04 bits per heavy atom. The first-order valence-electron chi connectivity index (χ1n) is 9.37. The number of unbranched alkanes of at least 4 members (excludes halogenated alkanes) is 6. The van der Waals surface area contributed by atoms with E-state index in [4.69, 9.17) is 4.74 Å². The van der Waals surface area contributed by atoms with Crippen LogP contribution in [0.1, 0.15) is 87.6 Å². The van der Waals surface area contributed by atoms with Crippen LogP contribution in [-0.4, -0.2) is 12.1 Å². The van der Waals surface area contributed by atoms with Crippen molar-refractivity contribution in [1.29, 1.82) is 0 Å². The summed E-state index contributed by atoms with van der Waals surface area (Å²) in [5.41, 5.74) is -1.73. The second-order valence-electron chi connectivity index (χ2n) is 6.54. The summed E-state index contributed by atoms with van der Waals surface area (Å²) in [6.07, 6.45) is 3.98. The third-order valence-corrected chi connectivity index (χ3v) is 4.37. The Labute approximate surface area is 152 Å². The lowest BCUT2D eigenvalue weighted by molar-refractivity contribution is -0.137. The molecule has 0 aliphatic carbocycles. The van der Waals surface area contributed by atoms with E-state index in [0.717, 1.165) is 19.3 Å². The summed E-state index contributed by atoms with van der Waals surface area (Å²) in [5.74, 6) is -2.04. The second kappa shape index (κ2) is 11.2. The molecule has 0 radical (unpaired) electrons. The summed E-state index contributed by atoms with van der Waals surface area (Å²) in [6, 6.07) is 1.77. The molecule has 1 aromatic rings. The molecule has 0 bridgehead atoms. The average molecular weight is 376 g/mol. The van der Waals surface area contributed by atoms with Crippen LogP contribution < -0.4 is 0 Å². The Kier molecular flexibility index (Phi) is 9.66. The Bertz CT molecular complexity index is 555. The molecule has 1 unspecified atom stereocenters. The lowest BCUT2D eigenvalue weighted by Crippen LogP contribution is -2.19. The minimum Gasteiger partial charge on any atom is -0.459 e. The highest BCUT2D eigenvalue weighted by atomic mass is 19.4. The summed E-state index contributed by atoms with van der Waals surface area (Å²) in [4.78, 5) is 12.1. The summed E-state index contributed by atoms with van der Waals surface area (Å²) in [6.45, 7) is 4.00. The van der Waals surface area contributed by atoms with Gasteiger partial charge in [-0.25, -0.2) is 9.18 Å². The molecule has 0 fully saturated rings. The van der Waals surface area contributed by atoms with Crippen molar-refractivity contribution in [3.8, 4) is 0 Å². The van der Waals surface area contributed by atoms with Crippen molar-refractivity contribution in [2.45, 2.75) is 83.9 Å². The zero-order valence-electron chi connectivity index (χ0n) is 15.5. The molecule has 1 rings (SSSR count). The van der Waals surface area contributed by atoms with Crippen LogP contribution in [0.2, 0.25) is 0 Å². The lowest BCUT2D eigenvalue weighted by atomic mass is 10.0. The van der Waals surface area contributed by atoms with Crippen molar-refractivity contribution in [2.75, 3.05) is 0 Å². The molecule has 1 atom stereocenters. The minimum absolute atomic E-state index is 0.410. The van der Waals surface area contributed by atoms with Gasteiger partial charge in [0.05, 0.1) is 11.1 Å². The Hall–Kier alpha value is -1.59. The third-order valence-electron chi connectivity index (χ3n) is 4.37. The number of carbonyl (C=O) groups is 1. The molecule has 0 saturated carbocycles. The molecule has 6 heteroatoms. The van der Waals surface area contributed by atoms with Crippen LogP contribution in [0, 0.1) is 5.82 Å². The number of carbonyl (C=O) groups excluding carboxylic acids is 1. The summed E-state index contributed by atoms with van der Waals surface area (Å²) < 4.78 is 57.2. The predicted octanol–water partition coefficient (Wildman–Crippen LogP) is 6.92. The number of ether oxygens (including phenoxy) is 1. The molecule has 0 aliphatic heterocycles. The van der Waals surface area contributed by atoms with E-state index in [1.807, 2.05) is 6.92 Å². The molecule has 2 nitrogen and oxygen atoms in total. The molecule has 0 spiro atoms. The second-order valence-corrected chi connectivity index (χ2v) is 6.54. The number of hydrogen-bond acceptors (Lipinski definition) is 2. The van der Waals surface area contributed by atoms with Gasteiger partial charge in [-0.1, -0.05) is 52.4 Å². The number of esters is 1. The molecule has 1 aromatic carbocycles. The third kappa shape index (κ3) is 7.75.